The number of hydrogen-bond donors (Lipinski definition) is 1. The highest BCUT2D eigenvalue weighted by Crippen LogP contribution is 2.26. The molecule has 3 nitrogen and oxygen atoms in total. The summed E-state index contributed by atoms with van der Waals surface area (Å²) in [6.07, 6.45) is 0. The predicted molar refractivity (Wildman–Crippen MR) is 66.8 cm³/mol. The Labute approximate surface area is 104 Å². The number of nitrogens with two attached hydrogens (primary N) is 1. The first-order valence-electron chi connectivity index (χ1n) is 4.80. The largest absolute Gasteiger partial charge is 0.468 e. The van der Waals surface area contributed by atoms with Crippen LogP contribution in [0, 0.1) is 0 Å². The number of ether oxygens (including phenoxy) is 1. The number of hydrogen-bond acceptors (Lipinski definition) is 4. The van der Waals surface area contributed by atoms with E-state index in [4.69, 9.17) is 17.3 Å². The Morgan fingerprint density at radius 3 is 2.50 bits per heavy atom. The van der Waals surface area contributed by atoms with E-state index in [0.29, 0.717) is 5.02 Å². The summed E-state index contributed by atoms with van der Waals surface area (Å²) in [4.78, 5) is 12.2. The molecular weight excluding hydrogens is 246 g/mol. The van der Waals surface area contributed by atoms with Crippen LogP contribution in [0.3, 0.4) is 0 Å². The fourth-order valence-corrected chi connectivity index (χ4v) is 2.24. The number of carbonyl (C=O) groups is 1. The van der Waals surface area contributed by atoms with E-state index in [0.717, 1.165) is 4.90 Å². The van der Waals surface area contributed by atoms with Crippen molar-refractivity contribution in [3.63, 3.8) is 0 Å². The van der Waals surface area contributed by atoms with Gasteiger partial charge in [0, 0.05) is 15.2 Å². The van der Waals surface area contributed by atoms with Crippen LogP contribution in [-0.4, -0.2) is 24.4 Å². The predicted octanol–water partition coefficient (Wildman–Crippen LogP) is 2.32. The molecule has 1 rings (SSSR count). The molecule has 0 unspecified atom stereocenters. The third-order valence-corrected chi connectivity index (χ3v) is 3.58. The Morgan fingerprint density at radius 1 is 1.44 bits per heavy atom. The van der Waals surface area contributed by atoms with Crippen molar-refractivity contribution in [2.45, 2.75) is 23.1 Å². The number of carbonyl (C=O) groups excluding carboxylic acids is 1. The topological polar surface area (TPSA) is 52.3 Å². The number of halogens is 1. The number of benzene rings is 1. The third kappa shape index (κ3) is 3.70. The Hall–Kier alpha value is -0.710. The zero-order chi connectivity index (χ0) is 12.1. The molecular formula is C11H14ClNO2S. The van der Waals surface area contributed by atoms with Crippen molar-refractivity contribution in [3.05, 3.63) is 29.3 Å². The lowest BCUT2D eigenvalue weighted by Crippen LogP contribution is -2.39. The van der Waals surface area contributed by atoms with Gasteiger partial charge in [0.25, 0.3) is 0 Å². The van der Waals surface area contributed by atoms with Crippen molar-refractivity contribution in [3.8, 4) is 0 Å². The fraction of sp³-hybridized carbons (Fsp3) is 0.364. The molecule has 16 heavy (non-hydrogen) atoms. The van der Waals surface area contributed by atoms with Gasteiger partial charge in [-0.15, -0.1) is 11.8 Å². The molecule has 2 N–H and O–H groups in total. The first-order valence-corrected chi connectivity index (χ1v) is 6.06. The molecule has 0 saturated heterocycles. The average Bonchev–Trinajstić information content (AvgIpc) is 2.30. The summed E-state index contributed by atoms with van der Waals surface area (Å²) >= 11 is 7.30. The fourth-order valence-electron chi connectivity index (χ4n) is 1.13. The smallest absolute Gasteiger partial charge is 0.323 e. The van der Waals surface area contributed by atoms with Gasteiger partial charge >= 0.3 is 5.97 Å². The summed E-state index contributed by atoms with van der Waals surface area (Å²) in [6.45, 7) is 1.89. The minimum Gasteiger partial charge on any atom is -0.468 e. The highest BCUT2D eigenvalue weighted by molar-refractivity contribution is 8.00. The van der Waals surface area contributed by atoms with Crippen LogP contribution in [0.2, 0.25) is 5.02 Å². The van der Waals surface area contributed by atoms with Gasteiger partial charge in [0.2, 0.25) is 0 Å². The normalized spacial score (nSPS) is 14.2. The molecule has 0 aliphatic rings. The van der Waals surface area contributed by atoms with Crippen LogP contribution in [0.4, 0.5) is 0 Å². The summed E-state index contributed by atoms with van der Waals surface area (Å²) in [5.41, 5.74) is 5.73. The zero-order valence-corrected chi connectivity index (χ0v) is 10.7. The van der Waals surface area contributed by atoms with E-state index in [1.54, 1.807) is 12.1 Å². The Kier molecular flexibility index (Phi) is 5.12. The van der Waals surface area contributed by atoms with Crippen molar-refractivity contribution in [2.75, 3.05) is 7.11 Å². The second-order valence-electron chi connectivity index (χ2n) is 3.33. The second-order valence-corrected chi connectivity index (χ2v) is 5.21. The molecule has 1 aromatic carbocycles. The first kappa shape index (κ1) is 13.4. The van der Waals surface area contributed by atoms with Gasteiger partial charge in [-0.25, -0.2) is 0 Å². The van der Waals surface area contributed by atoms with Crippen LogP contribution in [0.1, 0.15) is 6.92 Å². The van der Waals surface area contributed by atoms with Crippen LogP contribution >= 0.6 is 23.4 Å². The molecule has 5 heteroatoms. The number of rotatable bonds is 4. The summed E-state index contributed by atoms with van der Waals surface area (Å²) in [5, 5.41) is 0.642. The lowest BCUT2D eigenvalue weighted by molar-refractivity contribution is -0.142. The van der Waals surface area contributed by atoms with Gasteiger partial charge in [0.15, 0.2) is 0 Å². The molecule has 0 amide bonds. The van der Waals surface area contributed by atoms with Crippen LogP contribution in [0.25, 0.3) is 0 Å². The quantitative estimate of drug-likeness (QED) is 0.666. The Balaban J connectivity index is 2.60. The molecule has 0 spiro atoms. The maximum Gasteiger partial charge on any atom is 0.323 e. The van der Waals surface area contributed by atoms with E-state index in [1.165, 1.54) is 18.9 Å². The van der Waals surface area contributed by atoms with Crippen molar-refractivity contribution in [1.82, 2.24) is 0 Å². The van der Waals surface area contributed by atoms with E-state index in [9.17, 15) is 4.79 Å². The van der Waals surface area contributed by atoms with Gasteiger partial charge in [0.1, 0.15) is 6.04 Å². The highest BCUT2D eigenvalue weighted by atomic mass is 35.5. The molecule has 0 heterocycles. The third-order valence-electron chi connectivity index (χ3n) is 2.11. The van der Waals surface area contributed by atoms with Gasteiger partial charge in [0.05, 0.1) is 7.11 Å². The molecule has 0 aliphatic carbocycles. The minimum absolute atomic E-state index is 0.0476. The number of thioether (sulfide) groups is 1. The molecule has 1 aromatic rings. The zero-order valence-electron chi connectivity index (χ0n) is 9.14. The molecule has 0 aromatic heterocycles. The minimum atomic E-state index is -0.620. The summed E-state index contributed by atoms with van der Waals surface area (Å²) < 4.78 is 4.59. The lowest BCUT2D eigenvalue weighted by atomic mass is 10.2. The van der Waals surface area contributed by atoms with Crippen LogP contribution in [0.15, 0.2) is 29.2 Å². The Bertz CT molecular complexity index is 356. The number of methoxy groups -OCH3 is 1. The van der Waals surface area contributed by atoms with Crippen molar-refractivity contribution in [2.24, 2.45) is 5.73 Å². The van der Waals surface area contributed by atoms with Crippen molar-refractivity contribution < 1.29 is 9.53 Å². The van der Waals surface area contributed by atoms with Crippen LogP contribution in [0.5, 0.6) is 0 Å². The standard InChI is InChI=1S/C11H14ClNO2S/c1-7(10(13)11(14)15-2)16-9-5-3-8(12)4-6-9/h3-7,10H,13H2,1-2H3/t7-,10-/m1/s1. The van der Waals surface area contributed by atoms with Gasteiger partial charge in [-0.1, -0.05) is 18.5 Å². The van der Waals surface area contributed by atoms with E-state index < -0.39 is 12.0 Å². The van der Waals surface area contributed by atoms with E-state index >= 15 is 0 Å². The average molecular weight is 260 g/mol. The van der Waals surface area contributed by atoms with E-state index in [-0.39, 0.29) is 5.25 Å². The highest BCUT2D eigenvalue weighted by Gasteiger charge is 2.22. The molecule has 0 bridgehead atoms. The van der Waals surface area contributed by atoms with Crippen LogP contribution in [-0.2, 0) is 9.53 Å². The Morgan fingerprint density at radius 2 is 2.00 bits per heavy atom. The SMILES string of the molecule is COC(=O)[C@H](N)[C@@H](C)Sc1ccc(Cl)cc1. The maximum atomic E-state index is 11.2. The summed E-state index contributed by atoms with van der Waals surface area (Å²) in [5.74, 6) is -0.394. The number of esters is 1. The summed E-state index contributed by atoms with van der Waals surface area (Å²) in [6, 6.07) is 6.78. The van der Waals surface area contributed by atoms with Crippen molar-refractivity contribution in [1.29, 1.82) is 0 Å². The molecule has 88 valence electrons. The molecule has 0 aliphatic heterocycles. The van der Waals surface area contributed by atoms with E-state index in [1.807, 2.05) is 19.1 Å². The first-order chi connectivity index (χ1) is 7.54. The van der Waals surface area contributed by atoms with Gasteiger partial charge in [-0.3, -0.25) is 4.79 Å². The summed E-state index contributed by atoms with van der Waals surface area (Å²) in [7, 11) is 1.34. The maximum absolute atomic E-state index is 11.2. The molecule has 0 radical (unpaired) electrons. The molecule has 2 atom stereocenters. The van der Waals surface area contributed by atoms with Gasteiger partial charge in [-0.05, 0) is 24.3 Å². The van der Waals surface area contributed by atoms with Gasteiger partial charge < -0.3 is 10.5 Å². The molecule has 0 fully saturated rings. The molecule has 0 saturated carbocycles. The van der Waals surface area contributed by atoms with E-state index in [2.05, 4.69) is 4.74 Å². The van der Waals surface area contributed by atoms with Crippen molar-refractivity contribution >= 4 is 29.3 Å². The second kappa shape index (κ2) is 6.13. The van der Waals surface area contributed by atoms with Gasteiger partial charge in [-0.2, -0.15) is 0 Å². The van der Waals surface area contributed by atoms with Crippen LogP contribution < -0.4 is 5.73 Å². The monoisotopic (exact) mass is 259 g/mol. The lowest BCUT2D eigenvalue weighted by Gasteiger charge is -2.16.